The zero-order valence-corrected chi connectivity index (χ0v) is 8.47. The number of benzene rings is 1. The molecule has 0 amide bonds. The zero-order chi connectivity index (χ0) is 11.7. The van der Waals surface area contributed by atoms with E-state index in [1.807, 2.05) is 0 Å². The third kappa shape index (κ3) is 1.70. The molecule has 0 saturated carbocycles. The Kier molecular flexibility index (Phi) is 2.28. The van der Waals surface area contributed by atoms with E-state index < -0.39 is 4.92 Å². The van der Waals surface area contributed by atoms with Crippen molar-refractivity contribution in [3.05, 3.63) is 33.9 Å². The molecule has 0 radical (unpaired) electrons. The van der Waals surface area contributed by atoms with Gasteiger partial charge in [-0.2, -0.15) is 4.98 Å². The summed E-state index contributed by atoms with van der Waals surface area (Å²) in [4.78, 5) is 14.2. The molecule has 3 N–H and O–H groups in total. The van der Waals surface area contributed by atoms with Gasteiger partial charge in [0.25, 0.3) is 5.69 Å². The van der Waals surface area contributed by atoms with Crippen LogP contribution in [0.5, 0.6) is 0 Å². The third-order valence-electron chi connectivity index (χ3n) is 2.18. The maximum absolute atomic E-state index is 10.7. The normalized spacial score (nSPS) is 10.3. The number of nitro benzene ring substituents is 1. The predicted molar refractivity (Wildman–Crippen MR) is 57.6 cm³/mol. The summed E-state index contributed by atoms with van der Waals surface area (Å²) in [6.07, 6.45) is 0. The van der Waals surface area contributed by atoms with E-state index in [9.17, 15) is 10.1 Å². The van der Waals surface area contributed by atoms with Crippen LogP contribution in [0.3, 0.4) is 0 Å². The van der Waals surface area contributed by atoms with Crippen LogP contribution in [-0.4, -0.2) is 20.1 Å². The van der Waals surface area contributed by atoms with E-state index in [0.717, 1.165) is 0 Å². The minimum absolute atomic E-state index is 0.0486. The van der Waals surface area contributed by atoms with Crippen molar-refractivity contribution in [2.45, 2.75) is 6.92 Å². The van der Waals surface area contributed by atoms with Crippen LogP contribution < -0.4 is 5.73 Å². The molecule has 0 spiro atoms. The molecular formula is C9H9N5O2. The molecule has 1 heterocycles. The SMILES string of the molecule is Cc1ccc(-c2nc(N)n[nH]2)cc1[N+](=O)[O-]. The first kappa shape index (κ1) is 10.1. The van der Waals surface area contributed by atoms with Crippen LogP contribution in [0.1, 0.15) is 5.56 Å². The molecule has 7 nitrogen and oxygen atoms in total. The Morgan fingerprint density at radius 3 is 2.81 bits per heavy atom. The lowest BCUT2D eigenvalue weighted by atomic mass is 10.1. The van der Waals surface area contributed by atoms with Crippen LogP contribution in [-0.2, 0) is 0 Å². The highest BCUT2D eigenvalue weighted by atomic mass is 16.6. The van der Waals surface area contributed by atoms with E-state index in [1.54, 1.807) is 19.1 Å². The maximum Gasteiger partial charge on any atom is 0.273 e. The number of aryl methyl sites for hydroxylation is 1. The third-order valence-corrected chi connectivity index (χ3v) is 2.18. The van der Waals surface area contributed by atoms with Gasteiger partial charge in [0.05, 0.1) is 4.92 Å². The average molecular weight is 219 g/mol. The minimum atomic E-state index is -0.432. The molecule has 1 aromatic carbocycles. The van der Waals surface area contributed by atoms with Crippen LogP contribution in [0.4, 0.5) is 11.6 Å². The molecule has 16 heavy (non-hydrogen) atoms. The monoisotopic (exact) mass is 219 g/mol. The first-order valence-electron chi connectivity index (χ1n) is 4.51. The number of nitrogens with two attached hydrogens (primary N) is 1. The van der Waals surface area contributed by atoms with E-state index in [0.29, 0.717) is 17.0 Å². The van der Waals surface area contributed by atoms with Crippen LogP contribution in [0.25, 0.3) is 11.4 Å². The molecule has 0 atom stereocenters. The maximum atomic E-state index is 10.7. The van der Waals surface area contributed by atoms with Crippen molar-refractivity contribution in [1.29, 1.82) is 0 Å². The average Bonchev–Trinajstić information content (AvgIpc) is 2.65. The van der Waals surface area contributed by atoms with Crippen LogP contribution in [0, 0.1) is 17.0 Å². The molecule has 0 aliphatic heterocycles. The minimum Gasteiger partial charge on any atom is -0.366 e. The molecule has 0 aliphatic rings. The second-order valence-electron chi connectivity index (χ2n) is 3.30. The summed E-state index contributed by atoms with van der Waals surface area (Å²) in [6.45, 7) is 1.68. The van der Waals surface area contributed by atoms with Crippen molar-refractivity contribution >= 4 is 11.6 Å². The smallest absolute Gasteiger partial charge is 0.273 e. The number of H-pyrrole nitrogens is 1. The fourth-order valence-electron chi connectivity index (χ4n) is 1.36. The quantitative estimate of drug-likeness (QED) is 0.583. The summed E-state index contributed by atoms with van der Waals surface area (Å²) in [5.41, 5.74) is 6.59. The number of nitrogen functional groups attached to an aromatic ring is 1. The molecule has 0 aliphatic carbocycles. The molecule has 0 unspecified atom stereocenters. The number of aromatic nitrogens is 3. The van der Waals surface area contributed by atoms with E-state index in [4.69, 9.17) is 5.73 Å². The van der Waals surface area contributed by atoms with Crippen LogP contribution in [0.15, 0.2) is 18.2 Å². The van der Waals surface area contributed by atoms with Crippen molar-refractivity contribution in [3.63, 3.8) is 0 Å². The second kappa shape index (κ2) is 3.61. The van der Waals surface area contributed by atoms with Gasteiger partial charge in [0.1, 0.15) is 0 Å². The second-order valence-corrected chi connectivity index (χ2v) is 3.30. The molecular weight excluding hydrogens is 210 g/mol. The Morgan fingerprint density at radius 1 is 1.50 bits per heavy atom. The Balaban J connectivity index is 2.51. The molecule has 0 saturated heterocycles. The predicted octanol–water partition coefficient (Wildman–Crippen LogP) is 1.27. The lowest BCUT2D eigenvalue weighted by Gasteiger charge is -1.99. The van der Waals surface area contributed by atoms with Gasteiger partial charge in [-0.1, -0.05) is 12.1 Å². The summed E-state index contributed by atoms with van der Waals surface area (Å²) in [6, 6.07) is 4.82. The lowest BCUT2D eigenvalue weighted by molar-refractivity contribution is -0.385. The highest BCUT2D eigenvalue weighted by molar-refractivity contribution is 5.61. The summed E-state index contributed by atoms with van der Waals surface area (Å²) in [5, 5.41) is 17.0. The van der Waals surface area contributed by atoms with E-state index in [2.05, 4.69) is 15.2 Å². The van der Waals surface area contributed by atoms with Gasteiger partial charge in [-0.3, -0.25) is 15.2 Å². The van der Waals surface area contributed by atoms with Gasteiger partial charge in [0, 0.05) is 17.2 Å². The van der Waals surface area contributed by atoms with Crippen molar-refractivity contribution in [2.75, 3.05) is 5.73 Å². The summed E-state index contributed by atoms with van der Waals surface area (Å²) in [5.74, 6) is 0.527. The molecule has 1 aromatic heterocycles. The van der Waals surface area contributed by atoms with Crippen molar-refractivity contribution in [3.8, 4) is 11.4 Å². The number of hydrogen-bond donors (Lipinski definition) is 2. The fourth-order valence-corrected chi connectivity index (χ4v) is 1.36. The number of anilines is 1. The highest BCUT2D eigenvalue weighted by Gasteiger charge is 2.13. The molecule has 7 heteroatoms. The van der Waals surface area contributed by atoms with E-state index >= 15 is 0 Å². The van der Waals surface area contributed by atoms with Gasteiger partial charge < -0.3 is 5.73 Å². The highest BCUT2D eigenvalue weighted by Crippen LogP contribution is 2.24. The molecule has 0 bridgehead atoms. The summed E-state index contributed by atoms with van der Waals surface area (Å²) >= 11 is 0. The molecule has 82 valence electrons. The van der Waals surface area contributed by atoms with Gasteiger partial charge >= 0.3 is 0 Å². The standard InChI is InChI=1S/C9H9N5O2/c1-5-2-3-6(4-7(5)14(15)16)8-11-9(10)13-12-8/h2-4H,1H3,(H3,10,11,12,13). The van der Waals surface area contributed by atoms with Gasteiger partial charge in [0.2, 0.25) is 5.95 Å². The van der Waals surface area contributed by atoms with Gasteiger partial charge in [-0.25, -0.2) is 0 Å². The van der Waals surface area contributed by atoms with Gasteiger partial charge in [0.15, 0.2) is 5.82 Å². The topological polar surface area (TPSA) is 111 Å². The molecule has 0 fully saturated rings. The zero-order valence-electron chi connectivity index (χ0n) is 8.47. The fraction of sp³-hybridized carbons (Fsp3) is 0.111. The first-order chi connectivity index (χ1) is 7.58. The van der Waals surface area contributed by atoms with E-state index in [1.165, 1.54) is 6.07 Å². The number of nitrogens with one attached hydrogen (secondary N) is 1. The van der Waals surface area contributed by atoms with Crippen molar-refractivity contribution in [2.24, 2.45) is 0 Å². The van der Waals surface area contributed by atoms with Gasteiger partial charge in [-0.05, 0) is 6.92 Å². The number of nitro groups is 1. The molecule has 2 aromatic rings. The van der Waals surface area contributed by atoms with Gasteiger partial charge in [-0.15, -0.1) is 5.10 Å². The number of aromatic amines is 1. The van der Waals surface area contributed by atoms with Crippen LogP contribution in [0.2, 0.25) is 0 Å². The number of nitrogens with zero attached hydrogens (tertiary/aromatic N) is 3. The van der Waals surface area contributed by atoms with Crippen LogP contribution >= 0.6 is 0 Å². The van der Waals surface area contributed by atoms with E-state index in [-0.39, 0.29) is 11.6 Å². The first-order valence-corrected chi connectivity index (χ1v) is 4.51. The molecule has 2 rings (SSSR count). The Morgan fingerprint density at radius 2 is 2.25 bits per heavy atom. The summed E-state index contributed by atoms with van der Waals surface area (Å²) in [7, 11) is 0. The van der Waals surface area contributed by atoms with Crippen molar-refractivity contribution < 1.29 is 4.92 Å². The summed E-state index contributed by atoms with van der Waals surface area (Å²) < 4.78 is 0. The Bertz CT molecular complexity index is 549. The number of rotatable bonds is 2. The Hall–Kier alpha value is -2.44. The number of hydrogen-bond acceptors (Lipinski definition) is 5. The van der Waals surface area contributed by atoms with Crippen molar-refractivity contribution in [1.82, 2.24) is 15.2 Å². The lowest BCUT2D eigenvalue weighted by Crippen LogP contribution is -1.92. The Labute approximate surface area is 90.5 Å². The largest absolute Gasteiger partial charge is 0.366 e.